The Hall–Kier alpha value is -2.37. The van der Waals surface area contributed by atoms with Crippen molar-refractivity contribution in [2.75, 3.05) is 0 Å². The fraction of sp³-hybridized carbons (Fsp3) is 0.500. The number of nitrogens with zero attached hydrogens (tertiary/aromatic N) is 1. The van der Waals surface area contributed by atoms with Crippen molar-refractivity contribution < 1.29 is 23.9 Å². The highest BCUT2D eigenvalue weighted by atomic mass is 19.1. The predicted molar refractivity (Wildman–Crippen MR) is 95.1 cm³/mol. The van der Waals surface area contributed by atoms with Crippen LogP contribution in [0.3, 0.4) is 0 Å². The van der Waals surface area contributed by atoms with Crippen LogP contribution >= 0.6 is 0 Å². The van der Waals surface area contributed by atoms with Gasteiger partial charge in [0.15, 0.2) is 0 Å². The summed E-state index contributed by atoms with van der Waals surface area (Å²) in [6.07, 6.45) is 5.12. The summed E-state index contributed by atoms with van der Waals surface area (Å²) >= 11 is 0. The first-order valence-electron chi connectivity index (χ1n) is 9.12. The Morgan fingerprint density at radius 2 is 2.15 bits per heavy atom. The largest absolute Gasteiger partial charge is 0.511 e. The summed E-state index contributed by atoms with van der Waals surface area (Å²) in [5.41, 5.74) is 0.575. The van der Waals surface area contributed by atoms with Crippen LogP contribution in [0.4, 0.5) is 4.39 Å². The molecule has 0 radical (unpaired) electrons. The topological polar surface area (TPSA) is 68.1 Å². The number of rotatable bonds is 6. The normalized spacial score (nSPS) is 19.8. The van der Waals surface area contributed by atoms with Crippen LogP contribution < -0.4 is 0 Å². The Balaban J connectivity index is 1.76. The molecule has 3 rings (SSSR count). The van der Waals surface area contributed by atoms with E-state index in [-0.39, 0.29) is 23.8 Å². The van der Waals surface area contributed by atoms with Crippen molar-refractivity contribution in [3.63, 3.8) is 0 Å². The van der Waals surface area contributed by atoms with E-state index in [4.69, 9.17) is 9.57 Å². The van der Waals surface area contributed by atoms with E-state index in [0.29, 0.717) is 24.1 Å². The lowest BCUT2D eigenvalue weighted by molar-refractivity contribution is -0.157. The lowest BCUT2D eigenvalue weighted by Gasteiger charge is -2.33. The van der Waals surface area contributed by atoms with E-state index in [2.05, 4.69) is 5.16 Å². The third-order valence-electron chi connectivity index (χ3n) is 4.88. The monoisotopic (exact) mass is 361 g/mol. The lowest BCUT2D eigenvalue weighted by Crippen LogP contribution is -2.39. The molecule has 5 nitrogen and oxygen atoms in total. The molecule has 1 N–H and O–H groups in total. The summed E-state index contributed by atoms with van der Waals surface area (Å²) in [5, 5.41) is 14.6. The second kappa shape index (κ2) is 7.89. The van der Waals surface area contributed by atoms with Gasteiger partial charge in [-0.3, -0.25) is 0 Å². The van der Waals surface area contributed by atoms with Gasteiger partial charge >= 0.3 is 5.97 Å². The number of hydrogen-bond acceptors (Lipinski definition) is 5. The van der Waals surface area contributed by atoms with Gasteiger partial charge in [-0.05, 0) is 49.8 Å². The van der Waals surface area contributed by atoms with E-state index in [0.717, 1.165) is 32.1 Å². The summed E-state index contributed by atoms with van der Waals surface area (Å²) in [6.45, 7) is 2.03. The second-order valence-electron chi connectivity index (χ2n) is 6.97. The fourth-order valence-corrected chi connectivity index (χ4v) is 3.64. The van der Waals surface area contributed by atoms with E-state index in [9.17, 15) is 14.3 Å². The second-order valence-corrected chi connectivity index (χ2v) is 6.97. The van der Waals surface area contributed by atoms with Crippen molar-refractivity contribution in [1.29, 1.82) is 0 Å². The average Bonchev–Trinajstić information content (AvgIpc) is 3.01. The Labute approximate surface area is 152 Å². The molecule has 1 saturated carbocycles. The molecule has 0 bridgehead atoms. The molecule has 1 aromatic carbocycles. The summed E-state index contributed by atoms with van der Waals surface area (Å²) in [6, 6.07) is 6.05. The standard InChI is InChI=1S/C20H24FNO4/c1-2-6-16(22-25-13-14-7-5-8-15(21)11-14)18-17(23)12-20(26-19(18)24)9-3-4-10-20/h5,7-8,11,23H,2-4,6,9-10,12-13H2,1H3. The first kappa shape index (κ1) is 18.4. The Morgan fingerprint density at radius 1 is 1.38 bits per heavy atom. The van der Waals surface area contributed by atoms with Gasteiger partial charge in [-0.1, -0.05) is 30.6 Å². The smallest absolute Gasteiger partial charge is 0.344 e. The zero-order chi connectivity index (χ0) is 18.6. The van der Waals surface area contributed by atoms with Crippen molar-refractivity contribution in [1.82, 2.24) is 0 Å². The number of benzene rings is 1. The molecule has 0 unspecified atom stereocenters. The lowest BCUT2D eigenvalue weighted by atomic mass is 9.90. The highest BCUT2D eigenvalue weighted by molar-refractivity contribution is 6.20. The molecule has 1 aliphatic carbocycles. The first-order valence-corrected chi connectivity index (χ1v) is 9.12. The van der Waals surface area contributed by atoms with E-state index in [1.54, 1.807) is 12.1 Å². The van der Waals surface area contributed by atoms with Crippen molar-refractivity contribution in [2.24, 2.45) is 5.16 Å². The van der Waals surface area contributed by atoms with Crippen molar-refractivity contribution in [3.05, 3.63) is 47.0 Å². The molecule has 0 saturated heterocycles. The van der Waals surface area contributed by atoms with Gasteiger partial charge in [0, 0.05) is 6.42 Å². The molecule has 6 heteroatoms. The zero-order valence-electron chi connectivity index (χ0n) is 15.0. The summed E-state index contributed by atoms with van der Waals surface area (Å²) < 4.78 is 18.9. The fourth-order valence-electron chi connectivity index (χ4n) is 3.64. The number of oxime groups is 1. The van der Waals surface area contributed by atoms with Gasteiger partial charge in [0.2, 0.25) is 0 Å². The highest BCUT2D eigenvalue weighted by Gasteiger charge is 2.44. The van der Waals surface area contributed by atoms with Gasteiger partial charge in [0.25, 0.3) is 0 Å². The molecule has 0 atom stereocenters. The van der Waals surface area contributed by atoms with Crippen LogP contribution in [-0.4, -0.2) is 22.4 Å². The number of carbonyl (C=O) groups is 1. The average molecular weight is 361 g/mol. The third-order valence-corrected chi connectivity index (χ3v) is 4.88. The highest BCUT2D eigenvalue weighted by Crippen LogP contribution is 2.42. The molecule has 1 aliphatic heterocycles. The molecular formula is C20H24FNO4. The molecule has 0 aromatic heterocycles. The van der Waals surface area contributed by atoms with E-state index >= 15 is 0 Å². The van der Waals surface area contributed by atoms with Gasteiger partial charge < -0.3 is 14.7 Å². The molecule has 1 fully saturated rings. The van der Waals surface area contributed by atoms with Gasteiger partial charge in [0.1, 0.15) is 29.4 Å². The molecule has 1 aromatic rings. The van der Waals surface area contributed by atoms with Crippen LogP contribution in [0.5, 0.6) is 0 Å². The molecule has 1 heterocycles. The molecule has 140 valence electrons. The number of aliphatic hydroxyl groups excluding tert-OH is 1. The minimum atomic E-state index is -0.551. The maximum Gasteiger partial charge on any atom is 0.344 e. The van der Waals surface area contributed by atoms with Gasteiger partial charge in [-0.15, -0.1) is 0 Å². The zero-order valence-corrected chi connectivity index (χ0v) is 15.0. The van der Waals surface area contributed by atoms with E-state index in [1.807, 2.05) is 6.92 Å². The minimum Gasteiger partial charge on any atom is -0.511 e. The number of carbonyl (C=O) groups excluding carboxylic acids is 1. The van der Waals surface area contributed by atoms with Crippen LogP contribution in [0, 0.1) is 5.82 Å². The van der Waals surface area contributed by atoms with E-state index in [1.165, 1.54) is 12.1 Å². The van der Waals surface area contributed by atoms with Gasteiger partial charge in [-0.2, -0.15) is 0 Å². The number of hydrogen-bond donors (Lipinski definition) is 1. The van der Waals surface area contributed by atoms with Crippen molar-refractivity contribution in [2.45, 2.75) is 64.1 Å². The summed E-state index contributed by atoms with van der Waals surface area (Å²) in [4.78, 5) is 17.9. The Kier molecular flexibility index (Phi) is 5.59. The molecule has 26 heavy (non-hydrogen) atoms. The summed E-state index contributed by atoms with van der Waals surface area (Å²) in [5.74, 6) is -0.844. The van der Waals surface area contributed by atoms with E-state index < -0.39 is 11.6 Å². The molecule has 1 spiro atoms. The SMILES string of the molecule is CCCC(=NOCc1cccc(F)c1)C1=C(O)CC2(CCCC2)OC1=O. The Morgan fingerprint density at radius 3 is 2.81 bits per heavy atom. The van der Waals surface area contributed by atoms with Crippen LogP contribution in [-0.2, 0) is 21.0 Å². The van der Waals surface area contributed by atoms with Crippen molar-refractivity contribution in [3.8, 4) is 0 Å². The van der Waals surface area contributed by atoms with Crippen LogP contribution in [0.15, 0.2) is 40.8 Å². The van der Waals surface area contributed by atoms with Gasteiger partial charge in [0.05, 0.1) is 5.71 Å². The molecule has 2 aliphatic rings. The first-order chi connectivity index (χ1) is 12.5. The van der Waals surface area contributed by atoms with Crippen molar-refractivity contribution >= 4 is 11.7 Å². The van der Waals surface area contributed by atoms with Crippen LogP contribution in [0.25, 0.3) is 0 Å². The van der Waals surface area contributed by atoms with Crippen LogP contribution in [0.2, 0.25) is 0 Å². The maximum absolute atomic E-state index is 13.2. The van der Waals surface area contributed by atoms with Gasteiger partial charge in [-0.25, -0.2) is 9.18 Å². The quantitative estimate of drug-likeness (QED) is 0.458. The molecular weight excluding hydrogens is 337 g/mol. The molecule has 0 amide bonds. The Bertz CT molecular complexity index is 735. The number of esters is 1. The number of aliphatic hydroxyl groups is 1. The number of halogens is 1. The summed E-state index contributed by atoms with van der Waals surface area (Å²) in [7, 11) is 0. The third kappa shape index (κ3) is 4.06. The minimum absolute atomic E-state index is 0.0321. The number of ether oxygens (including phenoxy) is 1. The maximum atomic E-state index is 13.2. The van der Waals surface area contributed by atoms with Crippen LogP contribution in [0.1, 0.15) is 57.4 Å². The predicted octanol–water partition coefficient (Wildman–Crippen LogP) is 4.57.